The highest BCUT2D eigenvalue weighted by Gasteiger charge is 2.22. The number of nitrogens with zero attached hydrogens (tertiary/aromatic N) is 1. The Bertz CT molecular complexity index is 789. The monoisotopic (exact) mass is 346 g/mol. The van der Waals surface area contributed by atoms with Crippen LogP contribution in [0.4, 0.5) is 5.69 Å². The second kappa shape index (κ2) is 7.97. The molecule has 5 nitrogen and oxygen atoms in total. The number of carbonyl (C=O) groups excluding carboxylic acids is 1. The molecule has 1 amide bonds. The van der Waals surface area contributed by atoms with E-state index in [1.165, 1.54) is 23.5 Å². The number of hydrogen-bond acceptors (Lipinski definition) is 3. The van der Waals surface area contributed by atoms with Gasteiger partial charge in [0.1, 0.15) is 0 Å². The van der Waals surface area contributed by atoms with E-state index in [9.17, 15) is 13.2 Å². The second-order valence-corrected chi connectivity index (χ2v) is 7.41. The van der Waals surface area contributed by atoms with Crippen LogP contribution in [0.5, 0.6) is 0 Å². The molecule has 0 spiro atoms. The molecule has 0 aliphatic heterocycles. The average molecular weight is 346 g/mol. The minimum Gasteiger partial charge on any atom is -0.352 e. The van der Waals surface area contributed by atoms with Crippen LogP contribution in [0.1, 0.15) is 30.1 Å². The number of rotatable bonds is 7. The summed E-state index contributed by atoms with van der Waals surface area (Å²) >= 11 is 0. The smallest absolute Gasteiger partial charge is 0.264 e. The molecule has 0 bridgehead atoms. The summed E-state index contributed by atoms with van der Waals surface area (Å²) in [4.78, 5) is 12.2. The summed E-state index contributed by atoms with van der Waals surface area (Å²) in [6.45, 7) is 2.62. The zero-order valence-corrected chi connectivity index (χ0v) is 14.7. The Hall–Kier alpha value is -2.34. The first-order chi connectivity index (χ1) is 11.5. The predicted molar refractivity (Wildman–Crippen MR) is 95.7 cm³/mol. The van der Waals surface area contributed by atoms with E-state index in [1.54, 1.807) is 36.4 Å². The lowest BCUT2D eigenvalue weighted by Crippen LogP contribution is -2.27. The van der Waals surface area contributed by atoms with Crippen LogP contribution in [0, 0.1) is 0 Å². The van der Waals surface area contributed by atoms with Crippen molar-refractivity contribution in [3.05, 3.63) is 60.2 Å². The van der Waals surface area contributed by atoms with E-state index in [4.69, 9.17) is 0 Å². The third-order valence-electron chi connectivity index (χ3n) is 3.69. The molecule has 24 heavy (non-hydrogen) atoms. The molecule has 0 radical (unpaired) electrons. The van der Waals surface area contributed by atoms with Crippen molar-refractivity contribution in [2.75, 3.05) is 17.9 Å². The molecule has 0 atom stereocenters. The molecule has 6 heteroatoms. The maximum atomic E-state index is 12.8. The van der Waals surface area contributed by atoms with Crippen LogP contribution in [0.25, 0.3) is 0 Å². The van der Waals surface area contributed by atoms with Crippen LogP contribution in [0.15, 0.2) is 59.5 Å². The molecule has 0 saturated carbocycles. The predicted octanol–water partition coefficient (Wildman–Crippen LogP) is 3.04. The summed E-state index contributed by atoms with van der Waals surface area (Å²) < 4.78 is 26.7. The lowest BCUT2D eigenvalue weighted by molar-refractivity contribution is 0.0953. The van der Waals surface area contributed by atoms with Crippen LogP contribution in [0.2, 0.25) is 0 Å². The molecule has 0 aliphatic rings. The van der Waals surface area contributed by atoms with Crippen molar-refractivity contribution in [2.24, 2.45) is 0 Å². The van der Waals surface area contributed by atoms with Crippen molar-refractivity contribution in [3.63, 3.8) is 0 Å². The number of hydrogen-bond donors (Lipinski definition) is 1. The summed E-state index contributed by atoms with van der Waals surface area (Å²) in [7, 11) is -2.22. The Morgan fingerprint density at radius 2 is 1.79 bits per heavy atom. The molecule has 2 aromatic rings. The third kappa shape index (κ3) is 4.14. The summed E-state index contributed by atoms with van der Waals surface area (Å²) in [5.41, 5.74) is 0.906. The average Bonchev–Trinajstić information content (AvgIpc) is 2.62. The number of para-hydroxylation sites is 1. The molecule has 2 aromatic carbocycles. The van der Waals surface area contributed by atoms with E-state index in [-0.39, 0.29) is 10.8 Å². The standard InChI is InChI=1S/C18H22N2O3S/c1-3-4-13-19-18(21)15-9-8-12-17(14-15)24(22,23)20(2)16-10-6-5-7-11-16/h5-12,14H,3-4,13H2,1-2H3,(H,19,21). The number of unbranched alkanes of at least 4 members (excludes halogenated alkanes) is 1. The Morgan fingerprint density at radius 3 is 2.46 bits per heavy atom. The number of nitrogens with one attached hydrogen (secondary N) is 1. The first-order valence-corrected chi connectivity index (χ1v) is 9.33. The fraction of sp³-hybridized carbons (Fsp3) is 0.278. The normalized spacial score (nSPS) is 11.1. The van der Waals surface area contributed by atoms with E-state index < -0.39 is 10.0 Å². The summed E-state index contributed by atoms with van der Waals surface area (Å²) in [6, 6.07) is 14.9. The zero-order valence-electron chi connectivity index (χ0n) is 13.9. The molecule has 0 fully saturated rings. The minimum absolute atomic E-state index is 0.0944. The molecule has 128 valence electrons. The van der Waals surface area contributed by atoms with Gasteiger partial charge in [0.15, 0.2) is 0 Å². The van der Waals surface area contributed by atoms with Gasteiger partial charge < -0.3 is 5.32 Å². The van der Waals surface area contributed by atoms with Crippen molar-refractivity contribution >= 4 is 21.6 Å². The zero-order chi connectivity index (χ0) is 17.6. The number of carbonyl (C=O) groups is 1. The van der Waals surface area contributed by atoms with Gasteiger partial charge in [-0.2, -0.15) is 0 Å². The van der Waals surface area contributed by atoms with E-state index in [0.29, 0.717) is 17.8 Å². The summed E-state index contributed by atoms with van der Waals surface area (Å²) in [5, 5.41) is 2.79. The number of benzene rings is 2. The van der Waals surface area contributed by atoms with Gasteiger partial charge in [-0.3, -0.25) is 9.10 Å². The number of anilines is 1. The van der Waals surface area contributed by atoms with Gasteiger partial charge in [0.25, 0.3) is 15.9 Å². The molecule has 0 aromatic heterocycles. The Morgan fingerprint density at radius 1 is 1.08 bits per heavy atom. The highest BCUT2D eigenvalue weighted by Crippen LogP contribution is 2.22. The van der Waals surface area contributed by atoms with Crippen LogP contribution in [-0.2, 0) is 10.0 Å². The van der Waals surface area contributed by atoms with Crippen molar-refractivity contribution in [1.29, 1.82) is 0 Å². The van der Waals surface area contributed by atoms with Gasteiger partial charge in [0, 0.05) is 19.2 Å². The Kier molecular flexibility index (Phi) is 5.98. The lowest BCUT2D eigenvalue weighted by atomic mass is 10.2. The van der Waals surface area contributed by atoms with Gasteiger partial charge in [-0.25, -0.2) is 8.42 Å². The largest absolute Gasteiger partial charge is 0.352 e. The fourth-order valence-electron chi connectivity index (χ4n) is 2.21. The molecule has 0 heterocycles. The van der Waals surface area contributed by atoms with E-state index in [1.807, 2.05) is 13.0 Å². The lowest BCUT2D eigenvalue weighted by Gasteiger charge is -2.19. The highest BCUT2D eigenvalue weighted by atomic mass is 32.2. The SMILES string of the molecule is CCCCNC(=O)c1cccc(S(=O)(=O)N(C)c2ccccc2)c1. The highest BCUT2D eigenvalue weighted by molar-refractivity contribution is 7.92. The van der Waals surface area contributed by atoms with Gasteiger partial charge in [-0.05, 0) is 36.8 Å². The van der Waals surface area contributed by atoms with E-state index >= 15 is 0 Å². The fourth-order valence-corrected chi connectivity index (χ4v) is 3.46. The second-order valence-electron chi connectivity index (χ2n) is 5.45. The maximum Gasteiger partial charge on any atom is 0.264 e. The van der Waals surface area contributed by atoms with Gasteiger partial charge >= 0.3 is 0 Å². The third-order valence-corrected chi connectivity index (χ3v) is 5.47. The van der Waals surface area contributed by atoms with Gasteiger partial charge in [0.2, 0.25) is 0 Å². The van der Waals surface area contributed by atoms with Crippen molar-refractivity contribution in [1.82, 2.24) is 5.32 Å². The Labute approximate surface area is 143 Å². The molecule has 0 saturated heterocycles. The van der Waals surface area contributed by atoms with Crippen LogP contribution in [-0.4, -0.2) is 27.9 Å². The molecule has 2 rings (SSSR count). The van der Waals surface area contributed by atoms with Gasteiger partial charge in [-0.1, -0.05) is 37.6 Å². The van der Waals surface area contributed by atoms with Crippen molar-refractivity contribution in [3.8, 4) is 0 Å². The topological polar surface area (TPSA) is 66.5 Å². The summed E-state index contributed by atoms with van der Waals surface area (Å²) in [5.74, 6) is -0.261. The molecule has 1 N–H and O–H groups in total. The van der Waals surface area contributed by atoms with Crippen LogP contribution < -0.4 is 9.62 Å². The van der Waals surface area contributed by atoms with E-state index in [0.717, 1.165) is 12.8 Å². The first kappa shape index (κ1) is 18.0. The quantitative estimate of drug-likeness (QED) is 0.784. The Balaban J connectivity index is 2.25. The van der Waals surface area contributed by atoms with Crippen molar-refractivity contribution < 1.29 is 13.2 Å². The molecule has 0 unspecified atom stereocenters. The maximum absolute atomic E-state index is 12.8. The molecule has 0 aliphatic carbocycles. The number of sulfonamides is 1. The van der Waals surface area contributed by atoms with Gasteiger partial charge in [-0.15, -0.1) is 0 Å². The van der Waals surface area contributed by atoms with E-state index in [2.05, 4.69) is 5.32 Å². The first-order valence-electron chi connectivity index (χ1n) is 7.89. The number of amides is 1. The minimum atomic E-state index is -3.72. The summed E-state index contributed by atoms with van der Waals surface area (Å²) in [6.07, 6.45) is 1.87. The molecular weight excluding hydrogens is 324 g/mol. The van der Waals surface area contributed by atoms with Crippen LogP contribution in [0.3, 0.4) is 0 Å². The van der Waals surface area contributed by atoms with Crippen molar-refractivity contribution in [2.45, 2.75) is 24.7 Å². The van der Waals surface area contributed by atoms with Crippen LogP contribution >= 0.6 is 0 Å². The molecular formula is C18H22N2O3S. The van der Waals surface area contributed by atoms with Gasteiger partial charge in [0.05, 0.1) is 10.6 Å².